The van der Waals surface area contributed by atoms with E-state index >= 15 is 0 Å². The maximum absolute atomic E-state index is 12.7. The average Bonchev–Trinajstić information content (AvgIpc) is 4.25. The maximum Gasteiger partial charge on any atom is 0.104 e. The van der Waals surface area contributed by atoms with Gasteiger partial charge in [0, 0.05) is 83.8 Å². The Balaban J connectivity index is 1.22. The van der Waals surface area contributed by atoms with Crippen LogP contribution in [0.25, 0.3) is 145 Å². The van der Waals surface area contributed by atoms with E-state index in [9.17, 15) is 5.26 Å². The van der Waals surface area contributed by atoms with Gasteiger partial charge in [0.15, 0.2) is 0 Å². The summed E-state index contributed by atoms with van der Waals surface area (Å²) in [5, 5.41) is 24.4. The summed E-state index contributed by atoms with van der Waals surface area (Å²) in [6.07, 6.45) is 0. The third-order valence-corrected chi connectivity index (χ3v) is 17.5. The zero-order chi connectivity index (χ0) is 47.9. The topological polar surface area (TPSA) is 38.6 Å². The Kier molecular flexibility index (Phi) is 8.52. The lowest BCUT2D eigenvalue weighted by Gasteiger charge is -2.28. The second kappa shape index (κ2) is 15.4. The van der Waals surface area contributed by atoms with Crippen molar-refractivity contribution < 1.29 is 0 Å². The minimum atomic E-state index is 0.582. The summed E-state index contributed by atoms with van der Waals surface area (Å²) in [6, 6.07) is 86.8. The first-order chi connectivity index (χ1) is 36.2. The average molecular weight is 963 g/mol. The Hall–Kier alpha value is -9.25. The number of fused-ring (bicyclic) bond motifs is 15. The smallest absolute Gasteiger partial charge is 0.104 e. The highest BCUT2D eigenvalue weighted by Gasteiger charge is 2.34. The van der Waals surface area contributed by atoms with Gasteiger partial charge in [-0.05, 0) is 71.8 Å². The molecule has 0 atom stereocenters. The summed E-state index contributed by atoms with van der Waals surface area (Å²) in [5.41, 5.74) is 13.5. The molecule has 0 radical (unpaired) electrons. The Morgan fingerprint density at radius 2 is 0.603 bits per heavy atom. The first kappa shape index (κ1) is 40.5. The fraction of sp³-hybridized carbons (Fsp3) is 0. The lowest BCUT2D eigenvalue weighted by Crippen LogP contribution is -2.13. The Morgan fingerprint density at radius 3 is 1.00 bits per heavy atom. The number of thiophene rings is 2. The minimum absolute atomic E-state index is 0.582. The van der Waals surface area contributed by atoms with Gasteiger partial charge in [-0.15, -0.1) is 22.7 Å². The number of nitriles is 1. The van der Waals surface area contributed by atoms with Gasteiger partial charge in [0.05, 0.1) is 50.2 Å². The molecule has 16 rings (SSSR count). The van der Waals surface area contributed by atoms with Crippen molar-refractivity contribution in [2.45, 2.75) is 0 Å². The van der Waals surface area contributed by atoms with Gasteiger partial charge in [-0.3, -0.25) is 0 Å². The molecule has 0 aliphatic heterocycles. The van der Waals surface area contributed by atoms with Crippen molar-refractivity contribution in [3.05, 3.63) is 236 Å². The number of benzene rings is 11. The molecule has 73 heavy (non-hydrogen) atoms. The number of hydrogen-bond acceptors (Lipinski definition) is 3. The highest BCUT2D eigenvalue weighted by molar-refractivity contribution is 7.26. The predicted molar refractivity (Wildman–Crippen MR) is 311 cm³/mol. The fourth-order valence-corrected chi connectivity index (χ4v) is 14.5. The monoisotopic (exact) mass is 962 g/mol. The number of aromatic nitrogens is 3. The lowest BCUT2D eigenvalue weighted by molar-refractivity contribution is 1.09. The number of hydrogen-bond donors (Lipinski definition) is 0. The van der Waals surface area contributed by atoms with Crippen LogP contribution in [0.4, 0.5) is 0 Å². The van der Waals surface area contributed by atoms with Gasteiger partial charge in [-0.25, -0.2) is 0 Å². The second-order valence-electron chi connectivity index (χ2n) is 19.0. The van der Waals surface area contributed by atoms with Crippen LogP contribution in [0.1, 0.15) is 5.56 Å². The Labute approximate surface area is 426 Å². The molecule has 16 aromatic rings. The molecule has 4 nitrogen and oxygen atoms in total. The van der Waals surface area contributed by atoms with E-state index < -0.39 is 0 Å². The quantitative estimate of drug-likeness (QED) is 0.169. The lowest BCUT2D eigenvalue weighted by atomic mass is 9.88. The molecule has 11 aromatic carbocycles. The van der Waals surface area contributed by atoms with Gasteiger partial charge in [0.1, 0.15) is 11.6 Å². The van der Waals surface area contributed by atoms with Crippen molar-refractivity contribution in [3.8, 4) is 45.4 Å². The van der Waals surface area contributed by atoms with Crippen LogP contribution in [-0.2, 0) is 0 Å². The molecule has 0 aliphatic rings. The SMILES string of the molecule is N#Cc1c(-n2c3ccccc3c3cc4sc5ccccc5c4cc32)c(-c2ccccc2)c(-n2c3ccccc3c3ccccc32)c(-c2ccccc2)c1-n1c2ccccc2c2cc3sc4ccccc4c3cc21. The third-order valence-electron chi connectivity index (χ3n) is 15.3. The summed E-state index contributed by atoms with van der Waals surface area (Å²) in [6.45, 7) is 0. The fourth-order valence-electron chi connectivity index (χ4n) is 12.3. The maximum atomic E-state index is 12.7. The van der Waals surface area contributed by atoms with Crippen LogP contribution in [-0.4, -0.2) is 13.7 Å². The molecule has 338 valence electrons. The molecule has 0 N–H and O–H groups in total. The van der Waals surface area contributed by atoms with Gasteiger partial charge in [-0.2, -0.15) is 5.26 Å². The number of para-hydroxylation sites is 4. The van der Waals surface area contributed by atoms with Crippen molar-refractivity contribution in [3.63, 3.8) is 0 Å². The van der Waals surface area contributed by atoms with Crippen molar-refractivity contribution in [2.75, 3.05) is 0 Å². The Morgan fingerprint density at radius 1 is 0.274 bits per heavy atom. The van der Waals surface area contributed by atoms with Gasteiger partial charge >= 0.3 is 0 Å². The molecular formula is C67H38N4S2. The van der Waals surface area contributed by atoms with Crippen molar-refractivity contribution in [1.29, 1.82) is 5.26 Å². The summed E-state index contributed by atoms with van der Waals surface area (Å²) >= 11 is 3.68. The van der Waals surface area contributed by atoms with E-state index in [1.54, 1.807) is 0 Å². The third kappa shape index (κ3) is 5.63. The van der Waals surface area contributed by atoms with Crippen molar-refractivity contribution in [2.24, 2.45) is 0 Å². The molecule has 0 saturated carbocycles. The highest BCUT2D eigenvalue weighted by Crippen LogP contribution is 2.53. The van der Waals surface area contributed by atoms with E-state index in [4.69, 9.17) is 0 Å². The zero-order valence-electron chi connectivity index (χ0n) is 39.0. The second-order valence-corrected chi connectivity index (χ2v) is 21.2. The van der Waals surface area contributed by atoms with Gasteiger partial charge < -0.3 is 13.7 Å². The number of nitrogens with zero attached hydrogens (tertiary/aromatic N) is 4. The normalized spacial score (nSPS) is 12.1. The predicted octanol–water partition coefficient (Wildman–Crippen LogP) is 18.9. The minimum Gasteiger partial charge on any atom is -0.308 e. The summed E-state index contributed by atoms with van der Waals surface area (Å²) < 4.78 is 12.4. The van der Waals surface area contributed by atoms with E-state index in [1.807, 2.05) is 22.7 Å². The zero-order valence-corrected chi connectivity index (χ0v) is 40.7. The van der Waals surface area contributed by atoms with E-state index in [2.05, 4.69) is 250 Å². The van der Waals surface area contributed by atoms with Crippen LogP contribution in [0.5, 0.6) is 0 Å². The van der Waals surface area contributed by atoms with Gasteiger partial charge in [0.2, 0.25) is 0 Å². The Bertz CT molecular complexity index is 4730. The molecular weight excluding hydrogens is 925 g/mol. The van der Waals surface area contributed by atoms with Gasteiger partial charge in [-0.1, -0.05) is 170 Å². The molecule has 0 saturated heterocycles. The summed E-state index contributed by atoms with van der Waals surface area (Å²) in [5.74, 6) is 0. The molecule has 0 amide bonds. The largest absolute Gasteiger partial charge is 0.308 e. The van der Waals surface area contributed by atoms with Crippen LogP contribution >= 0.6 is 22.7 Å². The standard InChI is InChI=1S/C67H38N4S2/c68-39-52-65(70-55-31-15-9-25-44(55)48-37-61-50(35-57(48)70)46-27-11-17-33-59(46)72-61)63(40-19-3-1-4-20-40)67(69-53-29-13-7-23-42(53)43-24-8-14-30-54(43)69)64(41-21-5-2-6-22-41)66(52)71-56-32-16-10-26-45(56)49-38-62-51(36-58(49)71)47-28-12-18-34-60(47)73-62/h1-38H. The van der Waals surface area contributed by atoms with Crippen LogP contribution in [0.2, 0.25) is 0 Å². The molecule has 0 unspecified atom stereocenters. The van der Waals surface area contributed by atoms with E-state index in [0.29, 0.717) is 5.56 Å². The molecule has 0 spiro atoms. The number of rotatable bonds is 5. The van der Waals surface area contributed by atoms with Crippen LogP contribution in [0, 0.1) is 11.3 Å². The van der Waals surface area contributed by atoms with E-state index in [1.165, 1.54) is 40.3 Å². The molecule has 5 heterocycles. The van der Waals surface area contributed by atoms with Crippen LogP contribution in [0.15, 0.2) is 231 Å². The first-order valence-electron chi connectivity index (χ1n) is 24.6. The van der Waals surface area contributed by atoms with Crippen LogP contribution in [0.3, 0.4) is 0 Å². The summed E-state index contributed by atoms with van der Waals surface area (Å²) in [7, 11) is 0. The highest BCUT2D eigenvalue weighted by atomic mass is 32.1. The van der Waals surface area contributed by atoms with Crippen LogP contribution < -0.4 is 0 Å². The first-order valence-corrected chi connectivity index (χ1v) is 26.3. The molecule has 0 bridgehead atoms. The molecule has 0 fully saturated rings. The summed E-state index contributed by atoms with van der Waals surface area (Å²) in [4.78, 5) is 0. The van der Waals surface area contributed by atoms with Crippen molar-refractivity contribution >= 4 is 128 Å². The molecule has 0 aliphatic carbocycles. The van der Waals surface area contributed by atoms with Gasteiger partial charge in [0.25, 0.3) is 0 Å². The van der Waals surface area contributed by atoms with Crippen molar-refractivity contribution in [1.82, 2.24) is 13.7 Å². The van der Waals surface area contributed by atoms with E-state index in [-0.39, 0.29) is 0 Å². The van der Waals surface area contributed by atoms with E-state index in [0.717, 1.165) is 105 Å². The molecule has 5 aromatic heterocycles. The molecule has 6 heteroatoms.